The fourth-order valence-electron chi connectivity index (χ4n) is 5.08. The Hall–Kier alpha value is -3.38. The van der Waals surface area contributed by atoms with E-state index in [1.165, 1.54) is 33.3 Å². The van der Waals surface area contributed by atoms with Crippen molar-refractivity contribution in [2.24, 2.45) is 0 Å². The topological polar surface area (TPSA) is 43.3 Å². The number of rotatable bonds is 10. The van der Waals surface area contributed by atoms with E-state index < -0.39 is 0 Å². The number of benzene rings is 2. The van der Waals surface area contributed by atoms with Crippen molar-refractivity contribution in [3.05, 3.63) is 99.1 Å². The van der Waals surface area contributed by atoms with Crippen molar-refractivity contribution in [3.8, 4) is 17.0 Å². The minimum Gasteiger partial charge on any atom is -0.497 e. The van der Waals surface area contributed by atoms with E-state index in [2.05, 4.69) is 39.5 Å². The van der Waals surface area contributed by atoms with Crippen molar-refractivity contribution in [2.75, 3.05) is 13.7 Å². The molecular weight excluding hydrogens is 471 g/mol. The molecule has 0 saturated heterocycles. The van der Waals surface area contributed by atoms with E-state index in [-0.39, 0.29) is 11.7 Å². The highest BCUT2D eigenvalue weighted by molar-refractivity contribution is 7.09. The van der Waals surface area contributed by atoms with E-state index in [0.29, 0.717) is 19.4 Å². The predicted molar refractivity (Wildman–Crippen MR) is 143 cm³/mol. The molecule has 4 aromatic rings. The van der Waals surface area contributed by atoms with Crippen LogP contribution in [0.4, 0.5) is 4.39 Å². The normalized spacial score (nSPS) is 12.2. The third kappa shape index (κ3) is 5.54. The molecule has 1 amide bonds. The van der Waals surface area contributed by atoms with E-state index in [4.69, 9.17) is 4.74 Å². The third-order valence-electron chi connectivity index (χ3n) is 6.89. The lowest BCUT2D eigenvalue weighted by atomic mass is 9.90. The van der Waals surface area contributed by atoms with Gasteiger partial charge in [0.05, 0.1) is 12.8 Å². The number of carbonyl (C=O) groups excluding carboxylic acids is 1. The number of carbonyl (C=O) groups is 1. The monoisotopic (exact) mass is 502 g/mol. The first-order chi connectivity index (χ1) is 17.6. The third-order valence-corrected chi connectivity index (χ3v) is 7.82. The number of thiophene rings is 1. The molecule has 0 bridgehead atoms. The van der Waals surface area contributed by atoms with Gasteiger partial charge in [-0.2, -0.15) is 0 Å². The van der Waals surface area contributed by atoms with Gasteiger partial charge >= 0.3 is 0 Å². The molecule has 4 nitrogen and oxygen atoms in total. The van der Waals surface area contributed by atoms with Crippen molar-refractivity contribution in [1.29, 1.82) is 0 Å². The maximum atomic E-state index is 13.8. The summed E-state index contributed by atoms with van der Waals surface area (Å²) in [5, 5.41) is 5.13. The smallest absolute Gasteiger partial charge is 0.220 e. The second-order valence-corrected chi connectivity index (χ2v) is 10.3. The van der Waals surface area contributed by atoms with Gasteiger partial charge in [-0.15, -0.1) is 11.3 Å². The number of aryl methyl sites for hydroxylation is 4. The number of amides is 1. The molecule has 0 spiro atoms. The van der Waals surface area contributed by atoms with Crippen LogP contribution in [0.5, 0.6) is 5.75 Å². The van der Waals surface area contributed by atoms with Crippen molar-refractivity contribution < 1.29 is 13.9 Å². The van der Waals surface area contributed by atoms with Crippen LogP contribution in [0.3, 0.4) is 0 Å². The number of hydrogen-bond donors (Lipinski definition) is 1. The molecule has 2 aromatic carbocycles. The van der Waals surface area contributed by atoms with Crippen molar-refractivity contribution in [1.82, 2.24) is 9.88 Å². The Morgan fingerprint density at radius 1 is 1.03 bits per heavy atom. The van der Waals surface area contributed by atoms with E-state index in [9.17, 15) is 9.18 Å². The molecule has 186 valence electrons. The quantitative estimate of drug-likeness (QED) is 0.289. The fourth-order valence-corrected chi connectivity index (χ4v) is 5.79. The average molecular weight is 503 g/mol. The minimum atomic E-state index is -0.209. The minimum absolute atomic E-state index is 0.0764. The zero-order valence-corrected chi connectivity index (χ0v) is 21.4. The van der Waals surface area contributed by atoms with Gasteiger partial charge in [-0.05, 0) is 96.6 Å². The van der Waals surface area contributed by atoms with Crippen LogP contribution >= 0.6 is 11.3 Å². The lowest BCUT2D eigenvalue weighted by molar-refractivity contribution is -0.121. The van der Waals surface area contributed by atoms with Crippen LogP contribution in [0.25, 0.3) is 11.3 Å². The molecule has 2 aromatic heterocycles. The summed E-state index contributed by atoms with van der Waals surface area (Å²) in [7, 11) is 1.70. The molecule has 0 fully saturated rings. The molecule has 36 heavy (non-hydrogen) atoms. The lowest BCUT2D eigenvalue weighted by Gasteiger charge is -2.21. The predicted octanol–water partition coefficient (Wildman–Crippen LogP) is 6.00. The summed E-state index contributed by atoms with van der Waals surface area (Å²) >= 11 is 1.72. The Bertz CT molecular complexity index is 1340. The SMILES string of the molecule is COc1ccc2c(c1)CCc1cc(CCC(=O)NCCc3cccs3)n(CCc3cccc(F)c3)c1-2. The lowest BCUT2D eigenvalue weighted by Crippen LogP contribution is -2.26. The zero-order valence-electron chi connectivity index (χ0n) is 20.6. The largest absolute Gasteiger partial charge is 0.497 e. The Labute approximate surface area is 215 Å². The average Bonchev–Trinajstić information content (AvgIpc) is 3.53. The number of hydrogen-bond acceptors (Lipinski definition) is 3. The van der Waals surface area contributed by atoms with Gasteiger partial charge in [0, 0.05) is 35.6 Å². The molecule has 0 unspecified atom stereocenters. The number of nitrogens with one attached hydrogen (secondary N) is 1. The van der Waals surface area contributed by atoms with Gasteiger partial charge in [-0.25, -0.2) is 4.39 Å². The van der Waals surface area contributed by atoms with Crippen LogP contribution in [-0.4, -0.2) is 24.1 Å². The highest BCUT2D eigenvalue weighted by atomic mass is 32.1. The molecule has 1 N–H and O–H groups in total. The number of aromatic nitrogens is 1. The number of methoxy groups -OCH3 is 1. The second kappa shape index (κ2) is 11.1. The Morgan fingerprint density at radius 2 is 1.92 bits per heavy atom. The maximum Gasteiger partial charge on any atom is 0.220 e. The highest BCUT2D eigenvalue weighted by Gasteiger charge is 2.23. The summed E-state index contributed by atoms with van der Waals surface area (Å²) in [6.07, 6.45) is 4.64. The fraction of sp³-hybridized carbons (Fsp3) is 0.300. The van der Waals surface area contributed by atoms with Crippen LogP contribution < -0.4 is 10.1 Å². The van der Waals surface area contributed by atoms with E-state index >= 15 is 0 Å². The summed E-state index contributed by atoms with van der Waals surface area (Å²) < 4.78 is 21.6. The van der Waals surface area contributed by atoms with Crippen LogP contribution in [0.2, 0.25) is 0 Å². The van der Waals surface area contributed by atoms with E-state index in [1.54, 1.807) is 30.6 Å². The number of nitrogens with zero attached hydrogens (tertiary/aromatic N) is 1. The number of halogens is 1. The van der Waals surface area contributed by atoms with Crippen molar-refractivity contribution in [3.63, 3.8) is 0 Å². The van der Waals surface area contributed by atoms with Gasteiger partial charge in [0.15, 0.2) is 0 Å². The Balaban J connectivity index is 1.35. The van der Waals surface area contributed by atoms with Gasteiger partial charge in [-0.1, -0.05) is 18.2 Å². The summed E-state index contributed by atoms with van der Waals surface area (Å²) in [5.74, 6) is 0.737. The molecule has 5 rings (SSSR count). The Kier molecular flexibility index (Phi) is 7.52. The molecule has 1 aliphatic carbocycles. The molecule has 0 radical (unpaired) electrons. The standard InChI is InChI=1S/C30H31FN2O2S/c1-35-26-10-11-28-22(20-26)7-8-23-19-25(9-12-29(34)32-15-13-27-6-3-17-36-27)33(30(23)28)16-14-21-4-2-5-24(31)18-21/h2-6,10-11,17-20H,7-9,12-16H2,1H3,(H,32,34). The summed E-state index contributed by atoms with van der Waals surface area (Å²) in [6.45, 7) is 1.39. The number of ether oxygens (including phenoxy) is 1. The first-order valence-corrected chi connectivity index (χ1v) is 13.4. The van der Waals surface area contributed by atoms with Crippen molar-refractivity contribution >= 4 is 17.2 Å². The van der Waals surface area contributed by atoms with E-state index in [1.807, 2.05) is 18.2 Å². The van der Waals surface area contributed by atoms with Gasteiger partial charge in [0.2, 0.25) is 5.91 Å². The molecule has 2 heterocycles. The second-order valence-electron chi connectivity index (χ2n) is 9.24. The van der Waals surface area contributed by atoms with Crippen molar-refractivity contribution in [2.45, 2.75) is 45.1 Å². The molecular formula is C30H31FN2O2S. The summed E-state index contributed by atoms with van der Waals surface area (Å²) in [5.41, 5.74) is 7.19. The highest BCUT2D eigenvalue weighted by Crippen LogP contribution is 2.38. The van der Waals surface area contributed by atoms with Crippen LogP contribution in [0, 0.1) is 5.82 Å². The molecule has 1 aliphatic rings. The molecule has 0 atom stereocenters. The molecule has 0 saturated carbocycles. The zero-order chi connectivity index (χ0) is 24.9. The summed E-state index contributed by atoms with van der Waals surface area (Å²) in [4.78, 5) is 13.9. The van der Waals surface area contributed by atoms with E-state index in [0.717, 1.165) is 49.2 Å². The van der Waals surface area contributed by atoms with Gasteiger partial charge < -0.3 is 14.6 Å². The maximum absolute atomic E-state index is 13.8. The molecule has 0 aliphatic heterocycles. The first kappa shape index (κ1) is 24.3. The van der Waals surface area contributed by atoms with Gasteiger partial charge in [0.25, 0.3) is 0 Å². The van der Waals surface area contributed by atoms with Crippen LogP contribution in [0.15, 0.2) is 66.0 Å². The first-order valence-electron chi connectivity index (χ1n) is 12.5. The summed E-state index contributed by atoms with van der Waals surface area (Å²) in [6, 6.07) is 19.5. The van der Waals surface area contributed by atoms with Gasteiger partial charge in [-0.3, -0.25) is 4.79 Å². The molecule has 6 heteroatoms. The van der Waals surface area contributed by atoms with Crippen LogP contribution in [0.1, 0.15) is 33.7 Å². The number of fused-ring (bicyclic) bond motifs is 3. The van der Waals surface area contributed by atoms with Gasteiger partial charge in [0.1, 0.15) is 11.6 Å². The van der Waals surface area contributed by atoms with Crippen LogP contribution in [-0.2, 0) is 43.4 Å². The Morgan fingerprint density at radius 3 is 2.72 bits per heavy atom.